The summed E-state index contributed by atoms with van der Waals surface area (Å²) in [5.74, 6) is -0.0621. The molecule has 2 heterocycles. The van der Waals surface area contributed by atoms with E-state index in [1.54, 1.807) is 7.11 Å². The average molecular weight is 458 g/mol. The van der Waals surface area contributed by atoms with Crippen LogP contribution in [0.1, 0.15) is 30.4 Å². The molecule has 166 valence electrons. The number of nitrogens with one attached hydrogen (secondary N) is 2. The molecule has 0 saturated carbocycles. The number of ether oxygens (including phenoxy) is 1. The zero-order chi connectivity index (χ0) is 19.5. The number of likely N-dealkylation sites (tertiary alicyclic amines) is 1. The zero-order valence-electron chi connectivity index (χ0n) is 16.3. The van der Waals surface area contributed by atoms with Gasteiger partial charge in [0, 0.05) is 32.8 Å². The van der Waals surface area contributed by atoms with Gasteiger partial charge in [0.05, 0.1) is 5.56 Å². The molecule has 2 fully saturated rings. The molecular formula is C19H28Cl2F3N3O2. The van der Waals surface area contributed by atoms with Crippen LogP contribution in [-0.4, -0.2) is 55.7 Å². The third-order valence-electron chi connectivity index (χ3n) is 5.51. The van der Waals surface area contributed by atoms with E-state index in [1.807, 2.05) is 0 Å². The molecule has 1 atom stereocenters. The van der Waals surface area contributed by atoms with E-state index >= 15 is 0 Å². The van der Waals surface area contributed by atoms with Crippen molar-refractivity contribution in [1.29, 1.82) is 0 Å². The van der Waals surface area contributed by atoms with Crippen LogP contribution in [0.15, 0.2) is 24.3 Å². The second-order valence-electron chi connectivity index (χ2n) is 7.34. The molecule has 5 nitrogen and oxygen atoms in total. The molecular weight excluding hydrogens is 430 g/mol. The van der Waals surface area contributed by atoms with Gasteiger partial charge in [-0.3, -0.25) is 9.69 Å². The molecule has 2 saturated heterocycles. The second-order valence-corrected chi connectivity index (χ2v) is 7.34. The Kier molecular flexibility index (Phi) is 9.69. The van der Waals surface area contributed by atoms with Crippen LogP contribution in [0.3, 0.4) is 0 Å². The molecule has 1 aromatic rings. The minimum atomic E-state index is -4.31. The van der Waals surface area contributed by atoms with Gasteiger partial charge in [-0.05, 0) is 50.0 Å². The van der Waals surface area contributed by atoms with Gasteiger partial charge in [-0.1, -0.05) is 12.1 Å². The SMILES string of the molecule is COC1(C(=O)NC2CCN(Cc3ccc(C(F)(F)F)cc3)C2)CCNCC1.Cl.Cl. The van der Waals surface area contributed by atoms with E-state index in [0.29, 0.717) is 25.9 Å². The van der Waals surface area contributed by atoms with E-state index in [-0.39, 0.29) is 36.8 Å². The highest BCUT2D eigenvalue weighted by atomic mass is 35.5. The number of carbonyl (C=O) groups is 1. The Morgan fingerprint density at radius 3 is 2.41 bits per heavy atom. The van der Waals surface area contributed by atoms with Crippen molar-refractivity contribution in [2.24, 2.45) is 0 Å². The highest BCUT2D eigenvalue weighted by Crippen LogP contribution is 2.29. The van der Waals surface area contributed by atoms with Gasteiger partial charge in [-0.15, -0.1) is 24.8 Å². The lowest BCUT2D eigenvalue weighted by atomic mass is 9.90. The fourth-order valence-corrected chi connectivity index (χ4v) is 3.82. The number of nitrogens with zero attached hydrogens (tertiary/aromatic N) is 1. The van der Waals surface area contributed by atoms with Crippen molar-refractivity contribution < 1.29 is 22.7 Å². The van der Waals surface area contributed by atoms with Crippen LogP contribution >= 0.6 is 24.8 Å². The van der Waals surface area contributed by atoms with Gasteiger partial charge >= 0.3 is 6.18 Å². The Morgan fingerprint density at radius 2 is 1.86 bits per heavy atom. The van der Waals surface area contributed by atoms with E-state index in [2.05, 4.69) is 15.5 Å². The van der Waals surface area contributed by atoms with Crippen molar-refractivity contribution in [3.63, 3.8) is 0 Å². The molecule has 2 aliphatic heterocycles. The van der Waals surface area contributed by atoms with Crippen LogP contribution in [0.5, 0.6) is 0 Å². The number of benzene rings is 1. The molecule has 0 aliphatic carbocycles. The van der Waals surface area contributed by atoms with Gasteiger partial charge in [-0.2, -0.15) is 13.2 Å². The molecule has 3 rings (SSSR count). The lowest BCUT2D eigenvalue weighted by Crippen LogP contribution is -2.56. The molecule has 29 heavy (non-hydrogen) atoms. The number of halogens is 5. The van der Waals surface area contributed by atoms with Crippen molar-refractivity contribution in [3.8, 4) is 0 Å². The Bertz CT molecular complexity index is 653. The van der Waals surface area contributed by atoms with Crippen LogP contribution in [0, 0.1) is 0 Å². The van der Waals surface area contributed by atoms with Gasteiger partial charge in [0.25, 0.3) is 5.91 Å². The monoisotopic (exact) mass is 457 g/mol. The molecule has 10 heteroatoms. The fraction of sp³-hybridized carbons (Fsp3) is 0.632. The normalized spacial score (nSPS) is 21.7. The van der Waals surface area contributed by atoms with E-state index < -0.39 is 17.3 Å². The number of rotatable bonds is 5. The van der Waals surface area contributed by atoms with Crippen molar-refractivity contribution in [2.75, 3.05) is 33.3 Å². The summed E-state index contributed by atoms with van der Waals surface area (Å²) in [7, 11) is 1.58. The summed E-state index contributed by atoms with van der Waals surface area (Å²) in [4.78, 5) is 14.9. The number of hydrogen-bond acceptors (Lipinski definition) is 4. The van der Waals surface area contributed by atoms with E-state index in [4.69, 9.17) is 4.74 Å². The first-order valence-corrected chi connectivity index (χ1v) is 9.28. The molecule has 1 unspecified atom stereocenters. The fourth-order valence-electron chi connectivity index (χ4n) is 3.82. The number of alkyl halides is 3. The lowest BCUT2D eigenvalue weighted by molar-refractivity contribution is -0.147. The minimum Gasteiger partial charge on any atom is -0.368 e. The van der Waals surface area contributed by atoms with Crippen molar-refractivity contribution in [3.05, 3.63) is 35.4 Å². The summed E-state index contributed by atoms with van der Waals surface area (Å²) in [5.41, 5.74) is -0.558. The summed E-state index contributed by atoms with van der Waals surface area (Å²) in [6.07, 6.45) is -2.19. The van der Waals surface area contributed by atoms with E-state index in [9.17, 15) is 18.0 Å². The first-order valence-electron chi connectivity index (χ1n) is 9.28. The highest BCUT2D eigenvalue weighted by molar-refractivity contribution is 5.86. The van der Waals surface area contributed by atoms with Crippen molar-refractivity contribution in [2.45, 2.75) is 43.6 Å². The molecule has 1 amide bonds. The van der Waals surface area contributed by atoms with Crippen LogP contribution < -0.4 is 10.6 Å². The van der Waals surface area contributed by atoms with Crippen LogP contribution in [0.2, 0.25) is 0 Å². The van der Waals surface area contributed by atoms with Crippen molar-refractivity contribution in [1.82, 2.24) is 15.5 Å². The Labute approximate surface area is 181 Å². The summed E-state index contributed by atoms with van der Waals surface area (Å²) >= 11 is 0. The molecule has 2 aliphatic rings. The molecule has 0 radical (unpaired) electrons. The summed E-state index contributed by atoms with van der Waals surface area (Å²) in [5, 5.41) is 6.33. The van der Waals surface area contributed by atoms with Gasteiger partial charge in [0.1, 0.15) is 5.60 Å². The smallest absolute Gasteiger partial charge is 0.368 e. The molecule has 2 N–H and O–H groups in total. The molecule has 0 aromatic heterocycles. The third-order valence-corrected chi connectivity index (χ3v) is 5.51. The molecule has 0 spiro atoms. The number of carbonyl (C=O) groups excluding carboxylic acids is 1. The van der Waals surface area contributed by atoms with E-state index in [1.165, 1.54) is 12.1 Å². The third kappa shape index (κ3) is 6.46. The summed E-state index contributed by atoms with van der Waals surface area (Å²) in [6, 6.07) is 5.30. The summed E-state index contributed by atoms with van der Waals surface area (Å²) in [6.45, 7) is 3.57. The maximum absolute atomic E-state index is 12.7. The Hall–Kier alpha value is -1.06. The van der Waals surface area contributed by atoms with Gasteiger partial charge in [-0.25, -0.2) is 0 Å². The second kappa shape index (κ2) is 10.8. The Morgan fingerprint density at radius 1 is 1.24 bits per heavy atom. The molecule has 0 bridgehead atoms. The predicted octanol–water partition coefficient (Wildman–Crippen LogP) is 3.01. The minimum absolute atomic E-state index is 0. The average Bonchev–Trinajstić information content (AvgIpc) is 3.08. The summed E-state index contributed by atoms with van der Waals surface area (Å²) < 4.78 is 43.5. The van der Waals surface area contributed by atoms with Gasteiger partial charge in [0.15, 0.2) is 0 Å². The maximum Gasteiger partial charge on any atom is 0.416 e. The standard InChI is InChI=1S/C19H26F3N3O2.2ClH/c1-27-18(7-9-23-10-8-18)17(26)24-16-6-11-25(13-16)12-14-2-4-15(5-3-14)19(20,21)22;;/h2-5,16,23H,6-13H2,1H3,(H,24,26);2*1H. The van der Waals surface area contributed by atoms with Gasteiger partial charge < -0.3 is 15.4 Å². The van der Waals surface area contributed by atoms with Crippen molar-refractivity contribution >= 4 is 30.7 Å². The first kappa shape index (κ1) is 26.0. The first-order chi connectivity index (χ1) is 12.8. The number of hydrogen-bond donors (Lipinski definition) is 2. The zero-order valence-corrected chi connectivity index (χ0v) is 17.9. The van der Waals surface area contributed by atoms with Crippen LogP contribution in [0.4, 0.5) is 13.2 Å². The highest BCUT2D eigenvalue weighted by Gasteiger charge is 2.41. The van der Waals surface area contributed by atoms with Gasteiger partial charge in [0.2, 0.25) is 0 Å². The quantitative estimate of drug-likeness (QED) is 0.713. The van der Waals surface area contributed by atoms with Crippen LogP contribution in [-0.2, 0) is 22.3 Å². The largest absolute Gasteiger partial charge is 0.416 e. The number of methoxy groups -OCH3 is 1. The van der Waals surface area contributed by atoms with Crippen LogP contribution in [0.25, 0.3) is 0 Å². The maximum atomic E-state index is 12.7. The predicted molar refractivity (Wildman–Crippen MR) is 110 cm³/mol. The Balaban J connectivity index is 0.00000210. The topological polar surface area (TPSA) is 53.6 Å². The van der Waals surface area contributed by atoms with E-state index in [0.717, 1.165) is 43.8 Å². The molecule has 1 aromatic carbocycles. The number of amides is 1. The number of piperidine rings is 1. The lowest BCUT2D eigenvalue weighted by Gasteiger charge is -2.35.